The normalized spacial score (nSPS) is 21.0. The molecule has 2 aliphatic heterocycles. The molecule has 8 nitrogen and oxygen atoms in total. The number of nitrogens with one attached hydrogen (secondary N) is 1. The molecule has 0 aliphatic carbocycles. The van der Waals surface area contributed by atoms with Crippen molar-refractivity contribution >= 4 is 35.6 Å². The van der Waals surface area contributed by atoms with Crippen LogP contribution in [0.1, 0.15) is 12.0 Å². The number of non-ortho nitro benzene ring substituents is 1. The Morgan fingerprint density at radius 3 is 2.85 bits per heavy atom. The maximum atomic E-state index is 10.9. The fraction of sp³-hybridized carbons (Fsp3) is 0.611. The Hall–Kier alpha value is -1.46. The third kappa shape index (κ3) is 6.28. The van der Waals surface area contributed by atoms with E-state index in [1.165, 1.54) is 6.07 Å². The number of likely N-dealkylation sites (tertiary alicyclic amines) is 1. The van der Waals surface area contributed by atoms with Crippen molar-refractivity contribution in [1.29, 1.82) is 0 Å². The van der Waals surface area contributed by atoms with Crippen molar-refractivity contribution in [2.75, 3.05) is 53.0 Å². The summed E-state index contributed by atoms with van der Waals surface area (Å²) in [5.41, 5.74) is 0.996. The van der Waals surface area contributed by atoms with E-state index in [0.717, 1.165) is 63.9 Å². The zero-order valence-corrected chi connectivity index (χ0v) is 18.0. The summed E-state index contributed by atoms with van der Waals surface area (Å²) in [6.45, 7) is 7.34. The van der Waals surface area contributed by atoms with Crippen LogP contribution in [0.25, 0.3) is 0 Å². The SMILES string of the molecule is CN=C(NCc1cccc([N+](=O)[O-])c1)N1CCC(CN2CCOCC2)C1.I. The number of nitro groups is 1. The van der Waals surface area contributed by atoms with Crippen LogP contribution in [-0.2, 0) is 11.3 Å². The molecular weight excluding hydrogens is 461 g/mol. The van der Waals surface area contributed by atoms with Gasteiger partial charge in [0.2, 0.25) is 0 Å². The molecule has 27 heavy (non-hydrogen) atoms. The minimum atomic E-state index is -0.366. The number of halogens is 1. The summed E-state index contributed by atoms with van der Waals surface area (Å²) < 4.78 is 5.41. The first-order chi connectivity index (χ1) is 12.7. The van der Waals surface area contributed by atoms with Gasteiger partial charge in [0, 0.05) is 58.4 Å². The van der Waals surface area contributed by atoms with Crippen molar-refractivity contribution in [1.82, 2.24) is 15.1 Å². The predicted molar refractivity (Wildman–Crippen MR) is 116 cm³/mol. The van der Waals surface area contributed by atoms with Crippen LogP contribution in [0.2, 0.25) is 0 Å². The van der Waals surface area contributed by atoms with Gasteiger partial charge in [-0.3, -0.25) is 20.0 Å². The van der Waals surface area contributed by atoms with E-state index in [0.29, 0.717) is 12.5 Å². The Kier molecular flexibility index (Phi) is 8.71. The first-order valence-corrected chi connectivity index (χ1v) is 9.14. The van der Waals surface area contributed by atoms with Crippen molar-refractivity contribution in [2.24, 2.45) is 10.9 Å². The Morgan fingerprint density at radius 1 is 1.37 bits per heavy atom. The van der Waals surface area contributed by atoms with E-state index in [9.17, 15) is 10.1 Å². The second-order valence-corrected chi connectivity index (χ2v) is 6.84. The monoisotopic (exact) mass is 489 g/mol. The average molecular weight is 489 g/mol. The molecule has 1 unspecified atom stereocenters. The number of nitrogens with zero attached hydrogens (tertiary/aromatic N) is 4. The van der Waals surface area contributed by atoms with Crippen LogP contribution < -0.4 is 5.32 Å². The van der Waals surface area contributed by atoms with Gasteiger partial charge in [-0.15, -0.1) is 24.0 Å². The van der Waals surface area contributed by atoms with Crippen molar-refractivity contribution in [2.45, 2.75) is 13.0 Å². The quantitative estimate of drug-likeness (QED) is 0.224. The highest BCUT2D eigenvalue weighted by Gasteiger charge is 2.27. The van der Waals surface area contributed by atoms with Gasteiger partial charge in [0.1, 0.15) is 0 Å². The minimum absolute atomic E-state index is 0. The van der Waals surface area contributed by atoms with E-state index < -0.39 is 0 Å². The largest absolute Gasteiger partial charge is 0.379 e. The Labute approximate surface area is 177 Å². The zero-order chi connectivity index (χ0) is 18.4. The number of rotatable bonds is 5. The first kappa shape index (κ1) is 21.8. The summed E-state index contributed by atoms with van der Waals surface area (Å²) in [7, 11) is 1.78. The van der Waals surface area contributed by atoms with Crippen LogP contribution in [0.5, 0.6) is 0 Å². The zero-order valence-electron chi connectivity index (χ0n) is 15.7. The van der Waals surface area contributed by atoms with Gasteiger partial charge in [-0.1, -0.05) is 12.1 Å². The molecule has 2 fully saturated rings. The number of hydrogen-bond acceptors (Lipinski definition) is 5. The highest BCUT2D eigenvalue weighted by Crippen LogP contribution is 2.19. The predicted octanol–water partition coefficient (Wildman–Crippen LogP) is 1.94. The molecular formula is C18H28IN5O3. The summed E-state index contributed by atoms with van der Waals surface area (Å²) in [6, 6.07) is 6.71. The second kappa shape index (κ2) is 10.8. The highest BCUT2D eigenvalue weighted by atomic mass is 127. The number of morpholine rings is 1. The molecule has 150 valence electrons. The molecule has 3 rings (SSSR count). The van der Waals surface area contributed by atoms with Gasteiger partial charge in [-0.25, -0.2) is 0 Å². The Bertz CT molecular complexity index is 652. The van der Waals surface area contributed by atoms with Crippen LogP contribution in [-0.4, -0.2) is 73.7 Å². The lowest BCUT2D eigenvalue weighted by atomic mass is 10.1. The molecule has 1 aromatic carbocycles. The number of hydrogen-bond donors (Lipinski definition) is 1. The molecule has 0 amide bonds. The van der Waals surface area contributed by atoms with Gasteiger partial charge in [0.15, 0.2) is 5.96 Å². The molecule has 1 N–H and O–H groups in total. The molecule has 9 heteroatoms. The van der Waals surface area contributed by atoms with Crippen LogP contribution in [0.15, 0.2) is 29.3 Å². The molecule has 1 atom stereocenters. The van der Waals surface area contributed by atoms with Crippen molar-refractivity contribution < 1.29 is 9.66 Å². The van der Waals surface area contributed by atoms with Crippen molar-refractivity contribution in [3.63, 3.8) is 0 Å². The Balaban J connectivity index is 0.00000261. The van der Waals surface area contributed by atoms with Crippen LogP contribution in [0.4, 0.5) is 5.69 Å². The molecule has 0 saturated carbocycles. The van der Waals surface area contributed by atoms with E-state index in [2.05, 4.69) is 20.1 Å². The minimum Gasteiger partial charge on any atom is -0.379 e. The van der Waals surface area contributed by atoms with Crippen LogP contribution in [0.3, 0.4) is 0 Å². The molecule has 2 aliphatic rings. The standard InChI is InChI=1S/C18H27N5O3.HI/c1-19-18(20-12-15-3-2-4-17(11-15)23(24)25)22-6-5-16(14-22)13-21-7-9-26-10-8-21;/h2-4,11,16H,5-10,12-14H2,1H3,(H,19,20);1H. The highest BCUT2D eigenvalue weighted by molar-refractivity contribution is 14.0. The van der Waals surface area contributed by atoms with Gasteiger partial charge in [-0.05, 0) is 17.9 Å². The molecule has 0 bridgehead atoms. The average Bonchev–Trinajstić information content (AvgIpc) is 3.11. The number of ether oxygens (including phenoxy) is 1. The topological polar surface area (TPSA) is 83.2 Å². The second-order valence-electron chi connectivity index (χ2n) is 6.84. The maximum absolute atomic E-state index is 10.9. The van der Waals surface area contributed by atoms with E-state index in [1.54, 1.807) is 19.2 Å². The summed E-state index contributed by atoms with van der Waals surface area (Å²) in [6.07, 6.45) is 1.16. The molecule has 2 heterocycles. The van der Waals surface area contributed by atoms with Crippen LogP contribution >= 0.6 is 24.0 Å². The van der Waals surface area contributed by atoms with E-state index in [-0.39, 0.29) is 34.6 Å². The van der Waals surface area contributed by atoms with Gasteiger partial charge in [0.05, 0.1) is 18.1 Å². The summed E-state index contributed by atoms with van der Waals surface area (Å²) in [5, 5.41) is 14.2. The van der Waals surface area contributed by atoms with Gasteiger partial charge >= 0.3 is 0 Å². The number of benzene rings is 1. The lowest BCUT2D eigenvalue weighted by Crippen LogP contribution is -2.42. The Morgan fingerprint density at radius 2 is 2.15 bits per heavy atom. The fourth-order valence-electron chi connectivity index (χ4n) is 3.62. The molecule has 1 aromatic rings. The molecule has 0 radical (unpaired) electrons. The summed E-state index contributed by atoms with van der Waals surface area (Å²) >= 11 is 0. The van der Waals surface area contributed by atoms with Crippen molar-refractivity contribution in [3.8, 4) is 0 Å². The number of guanidine groups is 1. The van der Waals surface area contributed by atoms with E-state index >= 15 is 0 Å². The van der Waals surface area contributed by atoms with Crippen molar-refractivity contribution in [3.05, 3.63) is 39.9 Å². The lowest BCUT2D eigenvalue weighted by Gasteiger charge is -2.29. The third-order valence-electron chi connectivity index (χ3n) is 4.99. The summed E-state index contributed by atoms with van der Waals surface area (Å²) in [5.74, 6) is 1.51. The van der Waals surface area contributed by atoms with E-state index in [1.807, 2.05) is 6.07 Å². The third-order valence-corrected chi connectivity index (χ3v) is 4.99. The maximum Gasteiger partial charge on any atom is 0.269 e. The van der Waals surface area contributed by atoms with Gasteiger partial charge in [0.25, 0.3) is 5.69 Å². The molecule has 2 saturated heterocycles. The molecule has 0 aromatic heterocycles. The van der Waals surface area contributed by atoms with Gasteiger partial charge in [-0.2, -0.15) is 0 Å². The molecule has 0 spiro atoms. The summed E-state index contributed by atoms with van der Waals surface area (Å²) in [4.78, 5) is 19.7. The number of aliphatic imine (C=N–C) groups is 1. The number of nitro benzene ring substituents is 1. The van der Waals surface area contributed by atoms with Crippen LogP contribution in [0, 0.1) is 16.0 Å². The van der Waals surface area contributed by atoms with Gasteiger partial charge < -0.3 is 15.0 Å². The van der Waals surface area contributed by atoms with E-state index in [4.69, 9.17) is 4.74 Å². The first-order valence-electron chi connectivity index (χ1n) is 9.14. The smallest absolute Gasteiger partial charge is 0.269 e. The fourth-order valence-corrected chi connectivity index (χ4v) is 3.62. The lowest BCUT2D eigenvalue weighted by molar-refractivity contribution is -0.384.